The minimum Gasteiger partial charge on any atom is -0.484 e. The summed E-state index contributed by atoms with van der Waals surface area (Å²) in [7, 11) is 0. The van der Waals surface area contributed by atoms with Crippen LogP contribution in [-0.4, -0.2) is 30.3 Å². The number of aliphatic hydroxyl groups excluding tert-OH is 1. The van der Waals surface area contributed by atoms with Crippen molar-refractivity contribution in [3.63, 3.8) is 0 Å². The molecule has 2 N–H and O–H groups in total. The Bertz CT molecular complexity index is 424. The van der Waals surface area contributed by atoms with E-state index in [9.17, 15) is 9.90 Å². The number of carbonyl (C=O) groups excluding carboxylic acids is 1. The second-order valence-electron chi connectivity index (χ2n) is 5.77. The SMILES string of the molecule is Cc1cccc(OCC(=O)N[C@@H](CO)C(C)(C)C)c1. The van der Waals surface area contributed by atoms with E-state index in [0.29, 0.717) is 5.75 Å². The van der Waals surface area contributed by atoms with Gasteiger partial charge in [0.2, 0.25) is 0 Å². The molecule has 0 aliphatic rings. The maximum Gasteiger partial charge on any atom is 0.258 e. The molecule has 1 atom stereocenters. The molecule has 0 aliphatic heterocycles. The molecule has 0 saturated heterocycles. The second kappa shape index (κ2) is 6.57. The van der Waals surface area contributed by atoms with E-state index < -0.39 is 0 Å². The molecule has 0 fully saturated rings. The summed E-state index contributed by atoms with van der Waals surface area (Å²) in [4.78, 5) is 11.8. The normalized spacial score (nSPS) is 12.9. The van der Waals surface area contributed by atoms with E-state index in [-0.39, 0.29) is 30.6 Å². The number of ether oxygens (including phenoxy) is 1. The summed E-state index contributed by atoms with van der Waals surface area (Å²) in [5.74, 6) is 0.446. The Morgan fingerprint density at radius 1 is 1.42 bits per heavy atom. The number of hydrogen-bond donors (Lipinski definition) is 2. The van der Waals surface area contributed by atoms with Crippen molar-refractivity contribution in [1.29, 1.82) is 0 Å². The Balaban J connectivity index is 2.48. The van der Waals surface area contributed by atoms with E-state index in [1.54, 1.807) is 0 Å². The summed E-state index contributed by atoms with van der Waals surface area (Å²) in [5, 5.41) is 12.1. The molecule has 0 radical (unpaired) electrons. The van der Waals surface area contributed by atoms with Gasteiger partial charge < -0.3 is 15.2 Å². The number of hydrogen-bond acceptors (Lipinski definition) is 3. The third-order valence-electron chi connectivity index (χ3n) is 2.92. The zero-order chi connectivity index (χ0) is 14.5. The first kappa shape index (κ1) is 15.5. The standard InChI is InChI=1S/C15H23NO3/c1-11-6-5-7-12(8-11)19-10-14(18)16-13(9-17)15(2,3)4/h5-8,13,17H,9-10H2,1-4H3,(H,16,18)/t13-/m0/s1. The van der Waals surface area contributed by atoms with Crippen molar-refractivity contribution in [3.8, 4) is 5.75 Å². The molecule has 0 aliphatic carbocycles. The molecule has 0 unspecified atom stereocenters. The predicted octanol–water partition coefficient (Wildman–Crippen LogP) is 1.90. The molecule has 1 amide bonds. The summed E-state index contributed by atoms with van der Waals surface area (Å²) in [5.41, 5.74) is 0.897. The number of aliphatic hydroxyl groups is 1. The first-order valence-corrected chi connectivity index (χ1v) is 6.42. The van der Waals surface area contributed by atoms with E-state index in [1.165, 1.54) is 0 Å². The van der Waals surface area contributed by atoms with Gasteiger partial charge in [0, 0.05) is 0 Å². The van der Waals surface area contributed by atoms with Crippen molar-refractivity contribution < 1.29 is 14.6 Å². The minimum atomic E-state index is -0.277. The quantitative estimate of drug-likeness (QED) is 0.855. The summed E-state index contributed by atoms with van der Waals surface area (Å²) in [6.45, 7) is 7.74. The van der Waals surface area contributed by atoms with Gasteiger partial charge >= 0.3 is 0 Å². The summed E-state index contributed by atoms with van der Waals surface area (Å²) in [6, 6.07) is 7.26. The van der Waals surface area contributed by atoms with E-state index >= 15 is 0 Å². The van der Waals surface area contributed by atoms with Crippen LogP contribution in [0.3, 0.4) is 0 Å². The lowest BCUT2D eigenvalue weighted by molar-refractivity contribution is -0.125. The maximum atomic E-state index is 11.8. The highest BCUT2D eigenvalue weighted by molar-refractivity contribution is 5.77. The molecule has 1 rings (SSSR count). The van der Waals surface area contributed by atoms with Crippen molar-refractivity contribution in [2.75, 3.05) is 13.2 Å². The van der Waals surface area contributed by atoms with Crippen LogP contribution in [0.1, 0.15) is 26.3 Å². The van der Waals surface area contributed by atoms with Gasteiger partial charge in [0.1, 0.15) is 5.75 Å². The summed E-state index contributed by atoms with van der Waals surface area (Å²) >= 11 is 0. The smallest absolute Gasteiger partial charge is 0.258 e. The minimum absolute atomic E-state index is 0.0456. The molecule has 0 saturated carbocycles. The molecule has 4 heteroatoms. The predicted molar refractivity (Wildman–Crippen MR) is 75.1 cm³/mol. The number of amides is 1. The van der Waals surface area contributed by atoms with Crippen molar-refractivity contribution in [2.45, 2.75) is 33.7 Å². The molecule has 106 valence electrons. The van der Waals surface area contributed by atoms with Crippen molar-refractivity contribution in [1.82, 2.24) is 5.32 Å². The van der Waals surface area contributed by atoms with Crippen LogP contribution >= 0.6 is 0 Å². The van der Waals surface area contributed by atoms with Gasteiger partial charge in [0.25, 0.3) is 5.91 Å². The third-order valence-corrected chi connectivity index (χ3v) is 2.92. The molecule has 0 heterocycles. The monoisotopic (exact) mass is 265 g/mol. The lowest BCUT2D eigenvalue weighted by atomic mass is 9.87. The zero-order valence-electron chi connectivity index (χ0n) is 12.1. The Labute approximate surface area is 114 Å². The molecule has 4 nitrogen and oxygen atoms in total. The van der Waals surface area contributed by atoms with E-state index in [0.717, 1.165) is 5.56 Å². The molecule has 19 heavy (non-hydrogen) atoms. The maximum absolute atomic E-state index is 11.8. The molecular weight excluding hydrogens is 242 g/mol. The number of aryl methyl sites for hydroxylation is 1. The molecule has 1 aromatic rings. The van der Waals surface area contributed by atoms with Crippen LogP contribution in [0.25, 0.3) is 0 Å². The van der Waals surface area contributed by atoms with Gasteiger partial charge in [0.05, 0.1) is 12.6 Å². The first-order valence-electron chi connectivity index (χ1n) is 6.42. The largest absolute Gasteiger partial charge is 0.484 e. The van der Waals surface area contributed by atoms with E-state index in [2.05, 4.69) is 5.32 Å². The van der Waals surface area contributed by atoms with Gasteiger partial charge in [-0.25, -0.2) is 0 Å². The fourth-order valence-electron chi connectivity index (χ4n) is 1.63. The van der Waals surface area contributed by atoms with Crippen LogP contribution in [0.2, 0.25) is 0 Å². The van der Waals surface area contributed by atoms with Crippen LogP contribution < -0.4 is 10.1 Å². The van der Waals surface area contributed by atoms with Gasteiger partial charge in [-0.05, 0) is 30.0 Å². The van der Waals surface area contributed by atoms with Crippen molar-refractivity contribution in [2.24, 2.45) is 5.41 Å². The van der Waals surface area contributed by atoms with E-state index in [1.807, 2.05) is 52.0 Å². The van der Waals surface area contributed by atoms with Gasteiger partial charge in [-0.2, -0.15) is 0 Å². The average molecular weight is 265 g/mol. The van der Waals surface area contributed by atoms with Gasteiger partial charge in [-0.3, -0.25) is 4.79 Å². The Hall–Kier alpha value is -1.55. The lowest BCUT2D eigenvalue weighted by Crippen LogP contribution is -2.47. The third kappa shape index (κ3) is 5.30. The van der Waals surface area contributed by atoms with Crippen LogP contribution in [0.4, 0.5) is 0 Å². The molecule has 0 spiro atoms. The number of nitrogens with one attached hydrogen (secondary N) is 1. The Morgan fingerprint density at radius 2 is 2.11 bits per heavy atom. The second-order valence-corrected chi connectivity index (χ2v) is 5.77. The van der Waals surface area contributed by atoms with E-state index in [4.69, 9.17) is 4.74 Å². The summed E-state index contributed by atoms with van der Waals surface area (Å²) in [6.07, 6.45) is 0. The fourth-order valence-corrected chi connectivity index (χ4v) is 1.63. The van der Waals surface area contributed by atoms with Crippen molar-refractivity contribution >= 4 is 5.91 Å². The Morgan fingerprint density at radius 3 is 2.63 bits per heavy atom. The first-order chi connectivity index (χ1) is 8.82. The van der Waals surface area contributed by atoms with Gasteiger partial charge in [0.15, 0.2) is 6.61 Å². The summed E-state index contributed by atoms with van der Waals surface area (Å²) < 4.78 is 5.41. The van der Waals surface area contributed by atoms with Crippen LogP contribution in [0.15, 0.2) is 24.3 Å². The zero-order valence-corrected chi connectivity index (χ0v) is 12.1. The molecule has 0 bridgehead atoms. The highest BCUT2D eigenvalue weighted by Crippen LogP contribution is 2.18. The molecule has 0 aromatic heterocycles. The van der Waals surface area contributed by atoms with Gasteiger partial charge in [-0.15, -0.1) is 0 Å². The van der Waals surface area contributed by atoms with Crippen LogP contribution in [0.5, 0.6) is 5.75 Å². The number of benzene rings is 1. The Kier molecular flexibility index (Phi) is 5.36. The molecular formula is C15H23NO3. The number of rotatable bonds is 5. The fraction of sp³-hybridized carbons (Fsp3) is 0.533. The van der Waals surface area contributed by atoms with Crippen molar-refractivity contribution in [3.05, 3.63) is 29.8 Å². The van der Waals surface area contributed by atoms with Crippen LogP contribution in [0, 0.1) is 12.3 Å². The molecule has 1 aromatic carbocycles. The number of carbonyl (C=O) groups is 1. The lowest BCUT2D eigenvalue weighted by Gasteiger charge is -2.29. The highest BCUT2D eigenvalue weighted by Gasteiger charge is 2.25. The average Bonchev–Trinajstić information content (AvgIpc) is 2.32. The van der Waals surface area contributed by atoms with Gasteiger partial charge in [-0.1, -0.05) is 32.9 Å². The van der Waals surface area contributed by atoms with Crippen LogP contribution in [-0.2, 0) is 4.79 Å². The topological polar surface area (TPSA) is 58.6 Å². The highest BCUT2D eigenvalue weighted by atomic mass is 16.5.